The number of aromatic nitrogens is 1. The first kappa shape index (κ1) is 15.4. The Kier molecular flexibility index (Phi) is 4.78. The van der Waals surface area contributed by atoms with Crippen molar-refractivity contribution in [3.05, 3.63) is 10.6 Å². The monoisotopic (exact) mass is 297 g/mol. The van der Waals surface area contributed by atoms with Crippen LogP contribution < -0.4 is 5.32 Å². The summed E-state index contributed by atoms with van der Waals surface area (Å²) < 4.78 is 0. The molecule has 112 valence electrons. The summed E-state index contributed by atoms with van der Waals surface area (Å²) >= 11 is 1.50. The van der Waals surface area contributed by atoms with Gasteiger partial charge in [-0.05, 0) is 39.7 Å². The summed E-state index contributed by atoms with van der Waals surface area (Å²) in [5.74, 6) is 0.256. The van der Waals surface area contributed by atoms with Crippen LogP contribution in [0.3, 0.4) is 0 Å². The van der Waals surface area contributed by atoms with Gasteiger partial charge in [0.25, 0.3) is 0 Å². The molecule has 1 aliphatic rings. The normalized spacial score (nSPS) is 25.4. The van der Waals surface area contributed by atoms with Crippen LogP contribution in [-0.2, 0) is 4.79 Å². The lowest BCUT2D eigenvalue weighted by molar-refractivity contribution is -0.122. The van der Waals surface area contributed by atoms with Crippen LogP contribution in [0.1, 0.15) is 30.8 Å². The highest BCUT2D eigenvalue weighted by Crippen LogP contribution is 2.23. The number of carbonyl (C=O) groups excluding carboxylic acids is 1. The summed E-state index contributed by atoms with van der Waals surface area (Å²) in [6.07, 6.45) is 0.581. The zero-order chi connectivity index (χ0) is 14.9. The number of aryl methyl sites for hydroxylation is 2. The number of carbonyl (C=O) groups is 1. The second kappa shape index (κ2) is 6.20. The fourth-order valence-corrected chi connectivity index (χ4v) is 3.14. The number of piperidine rings is 1. The van der Waals surface area contributed by atoms with E-state index in [0.717, 1.165) is 23.5 Å². The molecule has 0 radical (unpaired) electrons. The molecule has 1 aromatic heterocycles. The van der Waals surface area contributed by atoms with Crippen LogP contribution in [0, 0.1) is 19.8 Å². The van der Waals surface area contributed by atoms with Crippen molar-refractivity contribution < 1.29 is 9.90 Å². The van der Waals surface area contributed by atoms with Crippen LogP contribution in [0.2, 0.25) is 0 Å². The van der Waals surface area contributed by atoms with E-state index in [9.17, 15) is 9.90 Å². The summed E-state index contributed by atoms with van der Waals surface area (Å²) in [5, 5.41) is 13.5. The molecule has 1 saturated heterocycles. The van der Waals surface area contributed by atoms with Crippen molar-refractivity contribution in [1.82, 2.24) is 9.88 Å². The van der Waals surface area contributed by atoms with Crippen molar-refractivity contribution >= 4 is 22.4 Å². The van der Waals surface area contributed by atoms with E-state index in [4.69, 9.17) is 0 Å². The van der Waals surface area contributed by atoms with Crippen LogP contribution in [-0.4, -0.2) is 46.1 Å². The zero-order valence-corrected chi connectivity index (χ0v) is 13.3. The molecule has 3 unspecified atom stereocenters. The smallest absolute Gasteiger partial charge is 0.243 e. The Labute approximate surface area is 124 Å². The van der Waals surface area contributed by atoms with Crippen LogP contribution >= 0.6 is 11.3 Å². The van der Waals surface area contributed by atoms with Crippen LogP contribution in [0.5, 0.6) is 0 Å². The number of nitrogens with zero attached hydrogens (tertiary/aromatic N) is 2. The van der Waals surface area contributed by atoms with Crippen LogP contribution in [0.15, 0.2) is 0 Å². The number of hydrogen-bond donors (Lipinski definition) is 2. The predicted molar refractivity (Wildman–Crippen MR) is 81.0 cm³/mol. The number of anilines is 1. The molecule has 0 spiro atoms. The second-order valence-corrected chi connectivity index (χ2v) is 6.86. The number of rotatable bonds is 3. The van der Waals surface area contributed by atoms with Gasteiger partial charge in [-0.25, -0.2) is 4.98 Å². The third kappa shape index (κ3) is 3.37. The molecule has 0 saturated carbocycles. The lowest BCUT2D eigenvalue weighted by Gasteiger charge is -2.37. The Hall–Kier alpha value is -0.980. The SMILES string of the molecule is Cc1nc(NC(=O)C(C)N2CCC(C)C(O)C2)sc1C. The maximum atomic E-state index is 12.3. The van der Waals surface area contributed by atoms with E-state index < -0.39 is 0 Å². The molecule has 1 aliphatic heterocycles. The van der Waals surface area contributed by atoms with Gasteiger partial charge in [-0.1, -0.05) is 6.92 Å². The third-order valence-corrected chi connectivity index (χ3v) is 5.12. The predicted octanol–water partition coefficient (Wildman–Crippen LogP) is 1.79. The van der Waals surface area contributed by atoms with Crippen molar-refractivity contribution in [3.63, 3.8) is 0 Å². The van der Waals surface area contributed by atoms with E-state index in [1.165, 1.54) is 11.3 Å². The van der Waals surface area contributed by atoms with Crippen molar-refractivity contribution in [2.45, 2.75) is 46.3 Å². The summed E-state index contributed by atoms with van der Waals surface area (Å²) in [6, 6.07) is -0.248. The van der Waals surface area contributed by atoms with E-state index in [-0.39, 0.29) is 18.1 Å². The van der Waals surface area contributed by atoms with Gasteiger partial charge in [0.1, 0.15) is 0 Å². The maximum Gasteiger partial charge on any atom is 0.243 e. The minimum Gasteiger partial charge on any atom is -0.392 e. The highest BCUT2D eigenvalue weighted by Gasteiger charge is 2.30. The van der Waals surface area contributed by atoms with E-state index in [1.807, 2.05) is 32.6 Å². The van der Waals surface area contributed by atoms with Gasteiger partial charge in [0, 0.05) is 11.4 Å². The minimum absolute atomic E-state index is 0.0551. The van der Waals surface area contributed by atoms with Gasteiger partial charge in [0.05, 0.1) is 17.8 Å². The molecule has 0 aliphatic carbocycles. The maximum absolute atomic E-state index is 12.3. The van der Waals surface area contributed by atoms with E-state index in [1.54, 1.807) is 0 Å². The van der Waals surface area contributed by atoms with Gasteiger partial charge < -0.3 is 10.4 Å². The van der Waals surface area contributed by atoms with Gasteiger partial charge >= 0.3 is 0 Å². The highest BCUT2D eigenvalue weighted by atomic mass is 32.1. The van der Waals surface area contributed by atoms with Crippen LogP contribution in [0.25, 0.3) is 0 Å². The van der Waals surface area contributed by atoms with Crippen molar-refractivity contribution in [3.8, 4) is 0 Å². The Morgan fingerprint density at radius 1 is 1.55 bits per heavy atom. The highest BCUT2D eigenvalue weighted by molar-refractivity contribution is 7.15. The number of thiazole rings is 1. The lowest BCUT2D eigenvalue weighted by Crippen LogP contribution is -2.50. The molecule has 6 heteroatoms. The summed E-state index contributed by atoms with van der Waals surface area (Å²) in [6.45, 7) is 9.27. The fraction of sp³-hybridized carbons (Fsp3) is 0.714. The first-order valence-corrected chi connectivity index (χ1v) is 7.87. The standard InChI is InChI=1S/C14H23N3O2S/c1-8-5-6-17(7-12(8)18)10(3)13(19)16-14-15-9(2)11(4)20-14/h8,10,12,18H,5-7H2,1-4H3,(H,15,16,19). The Morgan fingerprint density at radius 2 is 2.25 bits per heavy atom. The molecule has 1 aromatic rings. The average molecular weight is 297 g/mol. The first-order valence-electron chi connectivity index (χ1n) is 7.05. The number of nitrogens with one attached hydrogen (secondary N) is 1. The van der Waals surface area contributed by atoms with Gasteiger partial charge in [-0.2, -0.15) is 0 Å². The summed E-state index contributed by atoms with van der Waals surface area (Å²) in [4.78, 5) is 19.7. The number of likely N-dealkylation sites (tertiary alicyclic amines) is 1. The summed E-state index contributed by atoms with van der Waals surface area (Å²) in [5.41, 5.74) is 0.958. The largest absolute Gasteiger partial charge is 0.392 e. The second-order valence-electron chi connectivity index (χ2n) is 5.65. The number of hydrogen-bond acceptors (Lipinski definition) is 5. The topological polar surface area (TPSA) is 65.5 Å². The van der Waals surface area contributed by atoms with Gasteiger partial charge in [0.15, 0.2) is 5.13 Å². The lowest BCUT2D eigenvalue weighted by atomic mass is 9.95. The molecule has 2 heterocycles. The van der Waals surface area contributed by atoms with E-state index in [0.29, 0.717) is 17.6 Å². The molecule has 3 atom stereocenters. The molecule has 1 amide bonds. The molecule has 2 rings (SSSR count). The molecule has 5 nitrogen and oxygen atoms in total. The molecular weight excluding hydrogens is 274 g/mol. The van der Waals surface area contributed by atoms with Gasteiger partial charge in [-0.3, -0.25) is 9.69 Å². The first-order chi connectivity index (χ1) is 9.38. The van der Waals surface area contributed by atoms with Crippen molar-refractivity contribution in [2.24, 2.45) is 5.92 Å². The van der Waals surface area contributed by atoms with Gasteiger partial charge in [0.2, 0.25) is 5.91 Å². The minimum atomic E-state index is -0.344. The fourth-order valence-electron chi connectivity index (χ4n) is 2.33. The van der Waals surface area contributed by atoms with Crippen LogP contribution in [0.4, 0.5) is 5.13 Å². The quantitative estimate of drug-likeness (QED) is 0.893. The molecule has 1 fully saturated rings. The number of aliphatic hydroxyl groups is 1. The molecule has 0 bridgehead atoms. The molecule has 20 heavy (non-hydrogen) atoms. The van der Waals surface area contributed by atoms with Gasteiger partial charge in [-0.15, -0.1) is 11.3 Å². The molecular formula is C14H23N3O2S. The molecule has 0 aromatic carbocycles. The number of aliphatic hydroxyl groups excluding tert-OH is 1. The summed E-state index contributed by atoms with van der Waals surface area (Å²) in [7, 11) is 0. The van der Waals surface area contributed by atoms with E-state index in [2.05, 4.69) is 10.3 Å². The average Bonchev–Trinajstić information content (AvgIpc) is 2.70. The Bertz CT molecular complexity index is 469. The number of β-amino-alcohol motifs (C(OH)–C–C–N with tert-alkyl or cyclic N) is 1. The third-order valence-electron chi connectivity index (χ3n) is 4.14. The zero-order valence-electron chi connectivity index (χ0n) is 12.5. The van der Waals surface area contributed by atoms with Crippen molar-refractivity contribution in [2.75, 3.05) is 18.4 Å². The van der Waals surface area contributed by atoms with E-state index >= 15 is 0 Å². The molecule has 2 N–H and O–H groups in total. The Balaban J connectivity index is 1.95. The Morgan fingerprint density at radius 3 is 2.80 bits per heavy atom. The number of amides is 1. The van der Waals surface area contributed by atoms with Crippen molar-refractivity contribution in [1.29, 1.82) is 0 Å².